The molecule has 2 aromatic carbocycles. The molecule has 0 saturated heterocycles. The van der Waals surface area contributed by atoms with Gasteiger partial charge in [0.1, 0.15) is 5.75 Å². The minimum Gasteiger partial charge on any atom is -0.496 e. The van der Waals surface area contributed by atoms with Crippen LogP contribution in [-0.2, 0) is 6.54 Å². The first-order valence-electron chi connectivity index (χ1n) is 5.79. The summed E-state index contributed by atoms with van der Waals surface area (Å²) in [5.74, 6) is 0.789. The van der Waals surface area contributed by atoms with Crippen LogP contribution in [0.1, 0.15) is 11.1 Å². The number of nitriles is 1. The number of benzene rings is 2. The fourth-order valence-electron chi connectivity index (χ4n) is 1.75. The highest BCUT2D eigenvalue weighted by molar-refractivity contribution is 14.1. The minimum atomic E-state index is 0.624. The molecule has 0 unspecified atom stereocenters. The van der Waals surface area contributed by atoms with Crippen LogP contribution in [0.15, 0.2) is 42.5 Å². The van der Waals surface area contributed by atoms with Crippen molar-refractivity contribution in [3.8, 4) is 11.8 Å². The van der Waals surface area contributed by atoms with Crippen LogP contribution in [-0.4, -0.2) is 7.11 Å². The van der Waals surface area contributed by atoms with Gasteiger partial charge in [-0.25, -0.2) is 0 Å². The van der Waals surface area contributed by atoms with E-state index in [1.54, 1.807) is 13.2 Å². The fourth-order valence-corrected chi connectivity index (χ4v) is 2.11. The Morgan fingerprint density at radius 1 is 1.21 bits per heavy atom. The number of ether oxygens (including phenoxy) is 1. The maximum atomic E-state index is 8.93. The monoisotopic (exact) mass is 364 g/mol. The topological polar surface area (TPSA) is 45.0 Å². The van der Waals surface area contributed by atoms with Gasteiger partial charge in [-0.1, -0.05) is 0 Å². The van der Waals surface area contributed by atoms with Gasteiger partial charge < -0.3 is 10.1 Å². The van der Waals surface area contributed by atoms with Crippen LogP contribution >= 0.6 is 22.6 Å². The molecule has 2 rings (SSSR count). The van der Waals surface area contributed by atoms with Gasteiger partial charge in [0.25, 0.3) is 0 Å². The smallest absolute Gasteiger partial charge is 0.123 e. The molecule has 0 aliphatic carbocycles. The lowest BCUT2D eigenvalue weighted by molar-refractivity contribution is 0.410. The number of methoxy groups -OCH3 is 1. The minimum absolute atomic E-state index is 0.624. The van der Waals surface area contributed by atoms with Crippen molar-refractivity contribution in [2.45, 2.75) is 6.54 Å². The summed E-state index contributed by atoms with van der Waals surface area (Å²) in [6.45, 7) is 0.624. The number of hydrogen-bond donors (Lipinski definition) is 1. The second-order valence-electron chi connectivity index (χ2n) is 4.00. The van der Waals surface area contributed by atoms with Crippen LogP contribution in [0, 0.1) is 14.9 Å². The highest BCUT2D eigenvalue weighted by Gasteiger charge is 2.04. The molecule has 0 heterocycles. The number of halogens is 1. The van der Waals surface area contributed by atoms with Crippen LogP contribution in [0.3, 0.4) is 0 Å². The number of hydrogen-bond acceptors (Lipinski definition) is 3. The van der Waals surface area contributed by atoms with Crippen molar-refractivity contribution >= 4 is 28.3 Å². The first kappa shape index (κ1) is 13.7. The SMILES string of the molecule is COc1ccc(C#N)cc1CNc1ccc(I)cc1. The molecule has 4 heteroatoms. The van der Waals surface area contributed by atoms with Crippen molar-refractivity contribution in [2.24, 2.45) is 0 Å². The van der Waals surface area contributed by atoms with E-state index in [4.69, 9.17) is 10.00 Å². The maximum Gasteiger partial charge on any atom is 0.123 e. The van der Waals surface area contributed by atoms with Crippen LogP contribution in [0.5, 0.6) is 5.75 Å². The zero-order chi connectivity index (χ0) is 13.7. The molecule has 3 nitrogen and oxygen atoms in total. The summed E-state index contributed by atoms with van der Waals surface area (Å²) < 4.78 is 6.50. The van der Waals surface area contributed by atoms with Crippen molar-refractivity contribution in [3.05, 3.63) is 57.2 Å². The van der Waals surface area contributed by atoms with Gasteiger partial charge in [0.05, 0.1) is 18.7 Å². The molecule has 0 saturated carbocycles. The summed E-state index contributed by atoms with van der Waals surface area (Å²) >= 11 is 2.27. The average Bonchev–Trinajstić information content (AvgIpc) is 2.46. The van der Waals surface area contributed by atoms with Gasteiger partial charge >= 0.3 is 0 Å². The van der Waals surface area contributed by atoms with Crippen molar-refractivity contribution in [3.63, 3.8) is 0 Å². The Kier molecular flexibility index (Phi) is 4.63. The quantitative estimate of drug-likeness (QED) is 0.840. The van der Waals surface area contributed by atoms with E-state index < -0.39 is 0 Å². The van der Waals surface area contributed by atoms with E-state index in [9.17, 15) is 0 Å². The van der Waals surface area contributed by atoms with E-state index in [1.807, 2.05) is 36.4 Å². The molecule has 0 amide bonds. The van der Waals surface area contributed by atoms with Crippen LogP contribution in [0.2, 0.25) is 0 Å². The Morgan fingerprint density at radius 3 is 2.58 bits per heavy atom. The molecule has 1 N–H and O–H groups in total. The van der Waals surface area contributed by atoms with Gasteiger partial charge in [-0.15, -0.1) is 0 Å². The van der Waals surface area contributed by atoms with Gasteiger partial charge in [0.15, 0.2) is 0 Å². The van der Waals surface area contributed by atoms with Crippen LogP contribution in [0.4, 0.5) is 5.69 Å². The van der Waals surface area contributed by atoms with Gasteiger partial charge in [0.2, 0.25) is 0 Å². The summed E-state index contributed by atoms with van der Waals surface area (Å²) in [4.78, 5) is 0. The molecule has 0 atom stereocenters. The molecule has 0 spiro atoms. The molecule has 19 heavy (non-hydrogen) atoms. The average molecular weight is 364 g/mol. The Labute approximate surface area is 126 Å². The highest BCUT2D eigenvalue weighted by Crippen LogP contribution is 2.21. The summed E-state index contributed by atoms with van der Waals surface area (Å²) in [5.41, 5.74) is 2.66. The highest BCUT2D eigenvalue weighted by atomic mass is 127. The predicted molar refractivity (Wildman–Crippen MR) is 84.2 cm³/mol. The van der Waals surface area contributed by atoms with Crippen molar-refractivity contribution < 1.29 is 4.74 Å². The molecular formula is C15H13IN2O. The van der Waals surface area contributed by atoms with Gasteiger partial charge in [-0.3, -0.25) is 0 Å². The molecule has 2 aromatic rings. The summed E-state index contributed by atoms with van der Waals surface area (Å²) in [6, 6.07) is 15.7. The molecule has 0 aromatic heterocycles. The standard InChI is InChI=1S/C15H13IN2O/c1-19-15-7-2-11(9-17)8-12(15)10-18-14-5-3-13(16)4-6-14/h2-8,18H,10H2,1H3. The Morgan fingerprint density at radius 2 is 1.95 bits per heavy atom. The van der Waals surface area contributed by atoms with E-state index in [0.717, 1.165) is 17.0 Å². The molecular weight excluding hydrogens is 351 g/mol. The first-order valence-corrected chi connectivity index (χ1v) is 6.87. The largest absolute Gasteiger partial charge is 0.496 e. The van der Waals surface area contributed by atoms with Gasteiger partial charge in [-0.2, -0.15) is 5.26 Å². The number of anilines is 1. The zero-order valence-corrected chi connectivity index (χ0v) is 12.6. The van der Waals surface area contributed by atoms with E-state index >= 15 is 0 Å². The molecule has 0 aliphatic rings. The van der Waals surface area contributed by atoms with E-state index in [1.165, 1.54) is 3.57 Å². The Bertz CT molecular complexity index is 603. The summed E-state index contributed by atoms with van der Waals surface area (Å²) in [7, 11) is 1.63. The maximum absolute atomic E-state index is 8.93. The zero-order valence-electron chi connectivity index (χ0n) is 10.5. The lowest BCUT2D eigenvalue weighted by Crippen LogP contribution is -2.02. The third-order valence-corrected chi connectivity index (χ3v) is 3.46. The van der Waals surface area contributed by atoms with Gasteiger partial charge in [-0.05, 0) is 65.1 Å². The third-order valence-electron chi connectivity index (χ3n) is 2.74. The molecule has 0 radical (unpaired) electrons. The Hall–Kier alpha value is -1.74. The second-order valence-corrected chi connectivity index (χ2v) is 5.24. The number of rotatable bonds is 4. The van der Waals surface area contributed by atoms with Crippen molar-refractivity contribution in [1.82, 2.24) is 0 Å². The second kappa shape index (κ2) is 6.43. The third kappa shape index (κ3) is 3.61. The predicted octanol–water partition coefficient (Wildman–Crippen LogP) is 3.78. The summed E-state index contributed by atoms with van der Waals surface area (Å²) in [5, 5.41) is 12.3. The molecule has 0 aliphatic heterocycles. The lowest BCUT2D eigenvalue weighted by Gasteiger charge is -2.11. The van der Waals surface area contributed by atoms with Crippen LogP contribution in [0.25, 0.3) is 0 Å². The van der Waals surface area contributed by atoms with E-state index in [-0.39, 0.29) is 0 Å². The molecule has 96 valence electrons. The van der Waals surface area contributed by atoms with Gasteiger partial charge in [0, 0.05) is 21.4 Å². The normalized spacial score (nSPS) is 9.74. The van der Waals surface area contributed by atoms with E-state index in [0.29, 0.717) is 12.1 Å². The van der Waals surface area contributed by atoms with E-state index in [2.05, 4.69) is 34.0 Å². The number of nitrogens with one attached hydrogen (secondary N) is 1. The van der Waals surface area contributed by atoms with Crippen LogP contribution < -0.4 is 10.1 Å². The molecule has 0 fully saturated rings. The molecule has 0 bridgehead atoms. The first-order chi connectivity index (χ1) is 9.22. The van der Waals surface area contributed by atoms with Crippen molar-refractivity contribution in [1.29, 1.82) is 5.26 Å². The Balaban J connectivity index is 2.14. The summed E-state index contributed by atoms with van der Waals surface area (Å²) in [6.07, 6.45) is 0. The number of nitrogens with zero attached hydrogens (tertiary/aromatic N) is 1. The fraction of sp³-hybridized carbons (Fsp3) is 0.133. The lowest BCUT2D eigenvalue weighted by atomic mass is 10.1. The van der Waals surface area contributed by atoms with Crippen molar-refractivity contribution in [2.75, 3.05) is 12.4 Å².